The number of hydrogen-bond acceptors (Lipinski definition) is 7. The number of carbonyl (C=O) groups excluding carboxylic acids is 3. The van der Waals surface area contributed by atoms with Crippen LogP contribution >= 0.6 is 0 Å². The normalized spacial score (nSPS) is 13.5. The van der Waals surface area contributed by atoms with Crippen LogP contribution in [0.15, 0.2) is 48.6 Å². The summed E-state index contributed by atoms with van der Waals surface area (Å²) < 4.78 is 17.1. The summed E-state index contributed by atoms with van der Waals surface area (Å²) in [5.74, 6) is -1.77. The Hall–Kier alpha value is -2.71. The Morgan fingerprint density at radius 2 is 1.12 bits per heavy atom. The molecular weight excluding hydrogens is 630 g/mol. The maximum absolute atomic E-state index is 12.6. The minimum absolute atomic E-state index is 0.0310. The first-order chi connectivity index (χ1) is 24.1. The summed E-state index contributed by atoms with van der Waals surface area (Å²) in [4.78, 5) is 36.7. The number of likely N-dealkylation sites (N-methyl/N-ethyl adjacent to an activating group) is 1. The van der Waals surface area contributed by atoms with Crippen molar-refractivity contribution in [1.82, 2.24) is 0 Å². The van der Waals surface area contributed by atoms with Crippen LogP contribution in [0.4, 0.5) is 0 Å². The Labute approximate surface area is 306 Å². The number of esters is 2. The van der Waals surface area contributed by atoms with Crippen LogP contribution in [0.1, 0.15) is 149 Å². The predicted molar refractivity (Wildman–Crippen MR) is 203 cm³/mol. The average Bonchev–Trinajstić information content (AvgIpc) is 3.06. The van der Waals surface area contributed by atoms with Crippen LogP contribution in [0.5, 0.6) is 0 Å². The van der Waals surface area contributed by atoms with Crippen LogP contribution in [-0.4, -0.2) is 75.5 Å². The number of quaternary nitrogens is 1. The van der Waals surface area contributed by atoms with E-state index in [-0.39, 0.29) is 42.7 Å². The van der Waals surface area contributed by atoms with Crippen LogP contribution in [0, 0.1) is 0 Å². The van der Waals surface area contributed by atoms with Gasteiger partial charge in [0.05, 0.1) is 40.3 Å². The van der Waals surface area contributed by atoms with Gasteiger partial charge in [-0.1, -0.05) is 146 Å². The van der Waals surface area contributed by atoms with Gasteiger partial charge in [0.1, 0.15) is 12.6 Å². The van der Waals surface area contributed by atoms with Crippen molar-refractivity contribution in [2.24, 2.45) is 0 Å². The molecule has 0 fully saturated rings. The van der Waals surface area contributed by atoms with Gasteiger partial charge in [0, 0.05) is 19.3 Å². The van der Waals surface area contributed by atoms with Gasteiger partial charge in [-0.2, -0.15) is 0 Å². The molecule has 0 saturated heterocycles. The molecule has 2 unspecified atom stereocenters. The molecular formula is C42H73NO7. The number of hydrogen-bond donors (Lipinski definition) is 0. The topological polar surface area (TPSA) is 102 Å². The van der Waals surface area contributed by atoms with Crippen molar-refractivity contribution < 1.29 is 38.2 Å². The van der Waals surface area contributed by atoms with E-state index in [0.717, 1.165) is 64.2 Å². The first-order valence-electron chi connectivity index (χ1n) is 19.7. The van der Waals surface area contributed by atoms with Gasteiger partial charge in [0.15, 0.2) is 6.10 Å². The zero-order valence-corrected chi connectivity index (χ0v) is 32.5. The molecule has 2 atom stereocenters. The molecule has 0 aliphatic rings. The van der Waals surface area contributed by atoms with Crippen molar-refractivity contribution in [3.05, 3.63) is 48.6 Å². The third-order valence-electron chi connectivity index (χ3n) is 8.57. The second-order valence-electron chi connectivity index (χ2n) is 14.2. The third kappa shape index (κ3) is 31.3. The van der Waals surface area contributed by atoms with Crippen LogP contribution in [-0.2, 0) is 28.6 Å². The predicted octanol–water partition coefficient (Wildman–Crippen LogP) is 8.74. The number of aliphatic carboxylic acids is 1. The molecule has 0 N–H and O–H groups in total. The smallest absolute Gasteiger partial charge is 0.306 e. The standard InChI is InChI=1S/C42H73NO7/c1-6-8-10-12-14-16-18-19-20-21-23-25-27-29-31-33-41(45)50-38(36-48-35-34-39(42(46)47)43(3,4)5)37-49-40(44)32-30-28-26-24-22-17-15-13-11-9-7-2/h8,10,12,14,16,18-20,38-39H,6-7,9,11,13,15,17,21-37H2,1-5H3/b10-8+,14-12+,18-16+,20-19+. The largest absolute Gasteiger partial charge is 0.544 e. The number of carboxylic acids is 1. The molecule has 288 valence electrons. The van der Waals surface area contributed by atoms with E-state index >= 15 is 0 Å². The highest BCUT2D eigenvalue weighted by molar-refractivity contribution is 5.70. The highest BCUT2D eigenvalue weighted by Gasteiger charge is 2.25. The van der Waals surface area contributed by atoms with Crippen LogP contribution < -0.4 is 5.11 Å². The summed E-state index contributed by atoms with van der Waals surface area (Å²) in [6, 6.07) is -0.729. The molecule has 0 amide bonds. The first-order valence-corrected chi connectivity index (χ1v) is 19.7. The van der Waals surface area contributed by atoms with E-state index in [1.807, 2.05) is 30.4 Å². The average molecular weight is 704 g/mol. The van der Waals surface area contributed by atoms with E-state index < -0.39 is 18.1 Å². The summed E-state index contributed by atoms with van der Waals surface area (Å²) in [6.07, 6.45) is 37.0. The third-order valence-corrected chi connectivity index (χ3v) is 8.57. The van der Waals surface area contributed by atoms with Gasteiger partial charge in [-0.3, -0.25) is 9.59 Å². The maximum atomic E-state index is 12.6. The van der Waals surface area contributed by atoms with Gasteiger partial charge in [0.25, 0.3) is 0 Å². The highest BCUT2D eigenvalue weighted by Crippen LogP contribution is 2.14. The molecule has 50 heavy (non-hydrogen) atoms. The van der Waals surface area contributed by atoms with Crippen molar-refractivity contribution in [1.29, 1.82) is 0 Å². The highest BCUT2D eigenvalue weighted by atomic mass is 16.6. The van der Waals surface area contributed by atoms with E-state index in [0.29, 0.717) is 12.8 Å². The Morgan fingerprint density at radius 1 is 0.620 bits per heavy atom. The first kappa shape index (κ1) is 47.3. The summed E-state index contributed by atoms with van der Waals surface area (Å²) >= 11 is 0. The molecule has 0 aliphatic carbocycles. The number of unbranched alkanes of at least 4 members (excludes halogenated alkanes) is 15. The molecule has 0 spiro atoms. The fourth-order valence-electron chi connectivity index (χ4n) is 5.49. The fraction of sp³-hybridized carbons (Fsp3) is 0.738. The monoisotopic (exact) mass is 704 g/mol. The molecule has 0 aromatic carbocycles. The van der Waals surface area contributed by atoms with E-state index in [4.69, 9.17) is 14.2 Å². The van der Waals surface area contributed by atoms with Gasteiger partial charge in [-0.25, -0.2) is 0 Å². The lowest BCUT2D eigenvalue weighted by Gasteiger charge is -2.34. The summed E-state index contributed by atoms with van der Waals surface area (Å²) in [5, 5.41) is 11.6. The molecule has 0 aliphatic heterocycles. The number of rotatable bonds is 34. The van der Waals surface area contributed by atoms with Crippen molar-refractivity contribution in [2.75, 3.05) is 41.0 Å². The molecule has 0 radical (unpaired) electrons. The summed E-state index contributed by atoms with van der Waals surface area (Å²) in [6.45, 7) is 4.47. The minimum atomic E-state index is -1.13. The van der Waals surface area contributed by atoms with Gasteiger partial charge in [-0.15, -0.1) is 0 Å². The molecule has 0 rings (SSSR count). The van der Waals surface area contributed by atoms with Crippen LogP contribution in [0.25, 0.3) is 0 Å². The number of nitrogens with zero attached hydrogens (tertiary/aromatic N) is 1. The van der Waals surface area contributed by atoms with E-state index in [2.05, 4.69) is 32.1 Å². The van der Waals surface area contributed by atoms with E-state index in [1.165, 1.54) is 51.4 Å². The summed E-state index contributed by atoms with van der Waals surface area (Å²) in [7, 11) is 5.38. The van der Waals surface area contributed by atoms with E-state index in [9.17, 15) is 19.5 Å². The zero-order valence-electron chi connectivity index (χ0n) is 32.5. The Kier molecular flexibility index (Phi) is 31.6. The SMILES string of the molecule is CC/C=C/C=C/C=C/C=C/CCCCCCCC(=O)OC(COCCC(C(=O)[O-])[N+](C)(C)C)COC(=O)CCCCCCCCCCCCC. The molecule has 0 bridgehead atoms. The van der Waals surface area contributed by atoms with Crippen molar-refractivity contribution in [3.8, 4) is 0 Å². The lowest BCUT2D eigenvalue weighted by Crippen LogP contribution is -2.55. The number of ether oxygens (including phenoxy) is 3. The number of carbonyl (C=O) groups is 3. The van der Waals surface area contributed by atoms with E-state index in [1.54, 1.807) is 21.1 Å². The molecule has 0 heterocycles. The van der Waals surface area contributed by atoms with Crippen molar-refractivity contribution in [3.63, 3.8) is 0 Å². The summed E-state index contributed by atoms with van der Waals surface area (Å²) in [5.41, 5.74) is 0. The van der Waals surface area contributed by atoms with Crippen LogP contribution in [0.3, 0.4) is 0 Å². The van der Waals surface area contributed by atoms with Gasteiger partial charge in [-0.05, 0) is 32.1 Å². The minimum Gasteiger partial charge on any atom is -0.544 e. The van der Waals surface area contributed by atoms with Crippen LogP contribution in [0.2, 0.25) is 0 Å². The van der Waals surface area contributed by atoms with Crippen molar-refractivity contribution in [2.45, 2.75) is 161 Å². The Bertz CT molecular complexity index is 964. The molecule has 8 heteroatoms. The Balaban J connectivity index is 4.46. The van der Waals surface area contributed by atoms with Crippen molar-refractivity contribution >= 4 is 17.9 Å². The number of carboxylic acid groups (broad SMARTS) is 1. The second-order valence-corrected chi connectivity index (χ2v) is 14.2. The Morgan fingerprint density at radius 3 is 1.66 bits per heavy atom. The number of allylic oxidation sites excluding steroid dienone is 8. The second kappa shape index (κ2) is 33.4. The lowest BCUT2D eigenvalue weighted by atomic mass is 10.1. The van der Waals surface area contributed by atoms with Gasteiger partial charge in [0.2, 0.25) is 0 Å². The lowest BCUT2D eigenvalue weighted by molar-refractivity contribution is -0.889. The maximum Gasteiger partial charge on any atom is 0.306 e. The molecule has 8 nitrogen and oxygen atoms in total. The quantitative estimate of drug-likeness (QED) is 0.0286. The molecule has 0 aromatic heterocycles. The van der Waals surface area contributed by atoms with Gasteiger partial charge < -0.3 is 28.6 Å². The van der Waals surface area contributed by atoms with Gasteiger partial charge >= 0.3 is 11.9 Å². The zero-order chi connectivity index (χ0) is 37.1. The molecule has 0 saturated carbocycles. The molecule has 0 aromatic rings. The fourth-order valence-corrected chi connectivity index (χ4v) is 5.49.